The maximum Gasteiger partial charge on any atom is 0.323 e. The number of aromatic nitrogens is 3. The van der Waals surface area contributed by atoms with E-state index in [4.69, 9.17) is 4.74 Å². The highest BCUT2D eigenvalue weighted by molar-refractivity contribution is 9.11. The Balaban J connectivity index is 2.19. The largest absolute Gasteiger partial charge is 0.464 e. The van der Waals surface area contributed by atoms with E-state index in [1.165, 1.54) is 5.56 Å². The molecule has 0 fully saturated rings. The van der Waals surface area contributed by atoms with Crippen LogP contribution in [-0.4, -0.2) is 35.7 Å². The van der Waals surface area contributed by atoms with Crippen molar-refractivity contribution in [3.05, 3.63) is 20.8 Å². The van der Waals surface area contributed by atoms with Crippen LogP contribution < -0.4 is 15.0 Å². The molecule has 0 spiro atoms. The SMILES string of the molecule is CCOc1nc(NC)nc(N(C)Cc2csc(Br)c2)n1. The molecule has 0 bridgehead atoms. The van der Waals surface area contributed by atoms with Crippen LogP contribution in [0.1, 0.15) is 12.5 Å². The van der Waals surface area contributed by atoms with Crippen molar-refractivity contribution in [3.8, 4) is 6.01 Å². The minimum atomic E-state index is 0.334. The summed E-state index contributed by atoms with van der Waals surface area (Å²) in [4.78, 5) is 14.8. The summed E-state index contributed by atoms with van der Waals surface area (Å²) in [5.41, 5.74) is 1.20. The van der Waals surface area contributed by atoms with Gasteiger partial charge in [-0.25, -0.2) is 0 Å². The molecule has 6 nitrogen and oxygen atoms in total. The maximum atomic E-state index is 5.36. The van der Waals surface area contributed by atoms with Crippen molar-refractivity contribution in [1.29, 1.82) is 0 Å². The molecule has 108 valence electrons. The van der Waals surface area contributed by atoms with Gasteiger partial charge in [0.25, 0.3) is 0 Å². The molecule has 0 atom stereocenters. The van der Waals surface area contributed by atoms with Crippen molar-refractivity contribution in [1.82, 2.24) is 15.0 Å². The lowest BCUT2D eigenvalue weighted by Gasteiger charge is -2.17. The van der Waals surface area contributed by atoms with Gasteiger partial charge < -0.3 is 15.0 Å². The Hall–Kier alpha value is -1.41. The summed E-state index contributed by atoms with van der Waals surface area (Å²) in [5.74, 6) is 1.08. The lowest BCUT2D eigenvalue weighted by atomic mass is 10.3. The van der Waals surface area contributed by atoms with Gasteiger partial charge in [-0.05, 0) is 39.9 Å². The van der Waals surface area contributed by atoms with Crippen LogP contribution in [0.2, 0.25) is 0 Å². The third-order valence-corrected chi connectivity index (χ3v) is 4.04. The number of hydrogen-bond donors (Lipinski definition) is 1. The fraction of sp³-hybridized carbons (Fsp3) is 0.417. The molecule has 2 aromatic rings. The summed E-state index contributed by atoms with van der Waals surface area (Å²) in [6.45, 7) is 3.14. The summed E-state index contributed by atoms with van der Waals surface area (Å²) < 4.78 is 6.47. The van der Waals surface area contributed by atoms with E-state index in [1.807, 2.05) is 18.9 Å². The second-order valence-corrected chi connectivity index (χ2v) is 6.33. The molecule has 20 heavy (non-hydrogen) atoms. The molecular formula is C12H16BrN5OS. The molecule has 0 saturated carbocycles. The molecule has 0 amide bonds. The van der Waals surface area contributed by atoms with Crippen molar-refractivity contribution in [2.75, 3.05) is 30.9 Å². The Bertz CT molecular complexity index is 577. The molecule has 8 heteroatoms. The van der Waals surface area contributed by atoms with Crippen LogP contribution in [0, 0.1) is 0 Å². The third-order valence-electron chi connectivity index (χ3n) is 2.48. The topological polar surface area (TPSA) is 63.2 Å². The molecule has 0 aliphatic carbocycles. The van der Waals surface area contributed by atoms with E-state index in [0.29, 0.717) is 24.5 Å². The van der Waals surface area contributed by atoms with Crippen LogP contribution in [0.25, 0.3) is 0 Å². The molecule has 2 heterocycles. The summed E-state index contributed by atoms with van der Waals surface area (Å²) in [6, 6.07) is 2.42. The van der Waals surface area contributed by atoms with Crippen LogP contribution in [-0.2, 0) is 6.54 Å². The lowest BCUT2D eigenvalue weighted by Crippen LogP contribution is -2.20. The van der Waals surface area contributed by atoms with E-state index in [2.05, 4.69) is 47.6 Å². The van der Waals surface area contributed by atoms with E-state index in [1.54, 1.807) is 18.4 Å². The minimum absolute atomic E-state index is 0.334. The summed E-state index contributed by atoms with van der Waals surface area (Å²) >= 11 is 5.12. The molecule has 2 rings (SSSR count). The molecule has 2 aromatic heterocycles. The standard InChI is InChI=1S/C12H16BrN5OS/c1-4-19-12-16-10(14-2)15-11(17-12)18(3)6-8-5-9(13)20-7-8/h5,7H,4,6H2,1-3H3,(H,14,15,16,17). The van der Waals surface area contributed by atoms with E-state index >= 15 is 0 Å². The Morgan fingerprint density at radius 2 is 2.20 bits per heavy atom. The van der Waals surface area contributed by atoms with Crippen molar-refractivity contribution >= 4 is 39.2 Å². The van der Waals surface area contributed by atoms with Crippen molar-refractivity contribution in [2.45, 2.75) is 13.5 Å². The van der Waals surface area contributed by atoms with E-state index in [9.17, 15) is 0 Å². The second kappa shape index (κ2) is 6.85. The number of ether oxygens (including phenoxy) is 1. The van der Waals surface area contributed by atoms with E-state index in [0.717, 1.165) is 10.3 Å². The fourth-order valence-electron chi connectivity index (χ4n) is 1.60. The maximum absolute atomic E-state index is 5.36. The van der Waals surface area contributed by atoms with E-state index < -0.39 is 0 Å². The van der Waals surface area contributed by atoms with Gasteiger partial charge in [0.05, 0.1) is 10.4 Å². The average molecular weight is 358 g/mol. The van der Waals surface area contributed by atoms with Gasteiger partial charge in [-0.15, -0.1) is 11.3 Å². The number of thiophene rings is 1. The summed E-state index contributed by atoms with van der Waals surface area (Å²) in [6.07, 6.45) is 0. The first-order valence-corrected chi connectivity index (χ1v) is 7.80. The summed E-state index contributed by atoms with van der Waals surface area (Å²) in [5, 5.41) is 5.02. The predicted molar refractivity (Wildman–Crippen MR) is 84.7 cm³/mol. The predicted octanol–water partition coefficient (Wildman–Crippen LogP) is 2.77. The third kappa shape index (κ3) is 3.80. The highest BCUT2D eigenvalue weighted by Crippen LogP contribution is 2.23. The van der Waals surface area contributed by atoms with Gasteiger partial charge in [-0.3, -0.25) is 0 Å². The highest BCUT2D eigenvalue weighted by Gasteiger charge is 2.11. The molecule has 0 aromatic carbocycles. The molecule has 0 aliphatic rings. The quantitative estimate of drug-likeness (QED) is 0.857. The van der Waals surface area contributed by atoms with Crippen molar-refractivity contribution < 1.29 is 4.74 Å². The van der Waals surface area contributed by atoms with Crippen molar-refractivity contribution in [3.63, 3.8) is 0 Å². The number of nitrogens with one attached hydrogen (secondary N) is 1. The van der Waals surface area contributed by atoms with Gasteiger partial charge in [0.1, 0.15) is 0 Å². The van der Waals surface area contributed by atoms with Gasteiger partial charge in [-0.2, -0.15) is 15.0 Å². The average Bonchev–Trinajstić information content (AvgIpc) is 2.84. The molecule has 0 radical (unpaired) electrons. The van der Waals surface area contributed by atoms with Crippen LogP contribution in [0.4, 0.5) is 11.9 Å². The number of rotatable bonds is 6. The molecule has 0 saturated heterocycles. The van der Waals surface area contributed by atoms with Crippen LogP contribution in [0.3, 0.4) is 0 Å². The first-order chi connectivity index (χ1) is 9.62. The summed E-state index contributed by atoms with van der Waals surface area (Å²) in [7, 11) is 3.71. The number of hydrogen-bond acceptors (Lipinski definition) is 7. The normalized spacial score (nSPS) is 10.4. The van der Waals surface area contributed by atoms with Gasteiger partial charge in [0.15, 0.2) is 0 Å². The minimum Gasteiger partial charge on any atom is -0.464 e. The lowest BCUT2D eigenvalue weighted by molar-refractivity contribution is 0.312. The molecule has 0 unspecified atom stereocenters. The van der Waals surface area contributed by atoms with Crippen molar-refractivity contribution in [2.24, 2.45) is 0 Å². The van der Waals surface area contributed by atoms with Gasteiger partial charge in [-0.1, -0.05) is 0 Å². The first kappa shape index (κ1) is 15.0. The molecule has 1 N–H and O–H groups in total. The zero-order chi connectivity index (χ0) is 14.5. The Morgan fingerprint density at radius 1 is 1.40 bits per heavy atom. The molecule has 0 aliphatic heterocycles. The number of anilines is 2. The van der Waals surface area contributed by atoms with Gasteiger partial charge in [0, 0.05) is 20.6 Å². The number of halogens is 1. The highest BCUT2D eigenvalue weighted by atomic mass is 79.9. The van der Waals surface area contributed by atoms with Gasteiger partial charge >= 0.3 is 6.01 Å². The second-order valence-electron chi connectivity index (χ2n) is 4.04. The Morgan fingerprint density at radius 3 is 2.80 bits per heavy atom. The zero-order valence-corrected chi connectivity index (χ0v) is 14.0. The number of nitrogens with zero attached hydrogens (tertiary/aromatic N) is 4. The molecular weight excluding hydrogens is 342 g/mol. The van der Waals surface area contributed by atoms with Crippen LogP contribution in [0.5, 0.6) is 6.01 Å². The Labute approximate surface area is 130 Å². The first-order valence-electron chi connectivity index (χ1n) is 6.13. The fourth-order valence-corrected chi connectivity index (χ4v) is 2.80. The smallest absolute Gasteiger partial charge is 0.323 e. The van der Waals surface area contributed by atoms with Crippen LogP contribution in [0.15, 0.2) is 15.2 Å². The van der Waals surface area contributed by atoms with Crippen LogP contribution >= 0.6 is 27.3 Å². The van der Waals surface area contributed by atoms with Gasteiger partial charge in [0.2, 0.25) is 11.9 Å². The monoisotopic (exact) mass is 357 g/mol. The zero-order valence-electron chi connectivity index (χ0n) is 11.6. The Kier molecular flexibility index (Phi) is 5.13. The van der Waals surface area contributed by atoms with E-state index in [-0.39, 0.29) is 0 Å².